The van der Waals surface area contributed by atoms with Crippen LogP contribution in [0.3, 0.4) is 0 Å². The lowest BCUT2D eigenvalue weighted by atomic mass is 9.91. The number of nitrogens with one attached hydrogen (secondary N) is 1. The van der Waals surface area contributed by atoms with Gasteiger partial charge < -0.3 is 5.32 Å². The fourth-order valence-corrected chi connectivity index (χ4v) is 4.10. The molecule has 0 amide bonds. The van der Waals surface area contributed by atoms with Gasteiger partial charge in [0.15, 0.2) is 0 Å². The maximum absolute atomic E-state index is 4.71. The number of hydrogen-bond acceptors (Lipinski definition) is 2. The van der Waals surface area contributed by atoms with E-state index >= 15 is 0 Å². The first kappa shape index (κ1) is 15.0. The minimum Gasteiger partial charge on any atom is -0.319 e. The van der Waals surface area contributed by atoms with Crippen LogP contribution in [-0.2, 0) is 19.4 Å². The lowest BCUT2D eigenvalue weighted by Crippen LogP contribution is -2.24. The second kappa shape index (κ2) is 6.89. The Morgan fingerprint density at radius 3 is 2.68 bits per heavy atom. The molecule has 1 fully saturated rings. The lowest BCUT2D eigenvalue weighted by molar-refractivity contribution is 0.365. The van der Waals surface area contributed by atoms with Gasteiger partial charge in [-0.2, -0.15) is 5.10 Å². The van der Waals surface area contributed by atoms with E-state index in [1.807, 2.05) is 0 Å². The minimum atomic E-state index is 0.815. The maximum atomic E-state index is 4.71. The highest BCUT2D eigenvalue weighted by Crippen LogP contribution is 2.36. The van der Waals surface area contributed by atoms with Gasteiger partial charge in [0.2, 0.25) is 0 Å². The molecule has 0 spiro atoms. The van der Waals surface area contributed by atoms with E-state index in [1.54, 1.807) is 0 Å². The van der Waals surface area contributed by atoms with Crippen LogP contribution < -0.4 is 5.32 Å². The third-order valence-corrected chi connectivity index (χ3v) is 5.35. The van der Waals surface area contributed by atoms with Gasteiger partial charge >= 0.3 is 0 Å². The van der Waals surface area contributed by atoms with Crippen molar-refractivity contribution in [3.63, 3.8) is 0 Å². The van der Waals surface area contributed by atoms with E-state index in [-0.39, 0.29) is 0 Å². The van der Waals surface area contributed by atoms with Crippen LogP contribution in [0.5, 0.6) is 0 Å². The molecule has 0 bridgehead atoms. The predicted octanol–water partition coefficient (Wildman–Crippen LogP) is 3.41. The first-order valence-electron chi connectivity index (χ1n) is 7.59. The fraction of sp³-hybridized carbons (Fsp3) is 0.800. The van der Waals surface area contributed by atoms with Crippen molar-refractivity contribution in [2.45, 2.75) is 52.5 Å². The van der Waals surface area contributed by atoms with Crippen LogP contribution >= 0.6 is 15.9 Å². The first-order chi connectivity index (χ1) is 9.21. The molecular formula is C15H26BrN3. The number of aromatic nitrogens is 2. The minimum absolute atomic E-state index is 0.815. The number of rotatable bonds is 6. The Morgan fingerprint density at radius 1 is 1.32 bits per heavy atom. The number of aryl methyl sites for hydroxylation is 2. The molecule has 3 nitrogen and oxygen atoms in total. The van der Waals surface area contributed by atoms with E-state index in [0.717, 1.165) is 31.3 Å². The van der Waals surface area contributed by atoms with Crippen molar-refractivity contribution in [2.24, 2.45) is 11.8 Å². The molecule has 0 aliphatic heterocycles. The molecule has 1 aromatic rings. The van der Waals surface area contributed by atoms with Gasteiger partial charge in [0.05, 0.1) is 15.9 Å². The summed E-state index contributed by atoms with van der Waals surface area (Å²) in [5.74, 6) is 1.65. The molecule has 1 aliphatic rings. The zero-order chi connectivity index (χ0) is 13.8. The fourth-order valence-electron chi connectivity index (χ4n) is 3.37. The maximum Gasteiger partial charge on any atom is 0.0766 e. The van der Waals surface area contributed by atoms with Crippen molar-refractivity contribution in [1.29, 1.82) is 0 Å². The molecule has 1 aliphatic carbocycles. The van der Waals surface area contributed by atoms with E-state index in [1.165, 1.54) is 41.5 Å². The Hall–Kier alpha value is -0.350. The van der Waals surface area contributed by atoms with E-state index in [2.05, 4.69) is 46.8 Å². The Balaban J connectivity index is 2.15. The van der Waals surface area contributed by atoms with Crippen molar-refractivity contribution < 1.29 is 0 Å². The molecule has 2 atom stereocenters. The van der Waals surface area contributed by atoms with Crippen LogP contribution in [0.25, 0.3) is 0 Å². The van der Waals surface area contributed by atoms with Gasteiger partial charge in [-0.3, -0.25) is 4.68 Å². The molecule has 1 N–H and O–H groups in total. The molecule has 2 unspecified atom stereocenters. The quantitative estimate of drug-likeness (QED) is 0.867. The zero-order valence-electron chi connectivity index (χ0n) is 12.4. The van der Waals surface area contributed by atoms with Crippen molar-refractivity contribution >= 4 is 15.9 Å². The number of halogens is 1. The van der Waals surface area contributed by atoms with Crippen molar-refractivity contribution in [3.8, 4) is 0 Å². The van der Waals surface area contributed by atoms with Gasteiger partial charge in [-0.1, -0.05) is 13.3 Å². The Morgan fingerprint density at radius 2 is 2.05 bits per heavy atom. The van der Waals surface area contributed by atoms with Crippen molar-refractivity contribution in [3.05, 3.63) is 15.9 Å². The predicted molar refractivity (Wildman–Crippen MR) is 83.4 cm³/mol. The Labute approximate surface area is 125 Å². The zero-order valence-corrected chi connectivity index (χ0v) is 14.0. The Bertz CT molecular complexity index is 414. The Kier molecular flexibility index (Phi) is 5.46. The third-order valence-electron chi connectivity index (χ3n) is 4.43. The molecular weight excluding hydrogens is 302 g/mol. The molecule has 2 rings (SSSR count). The highest BCUT2D eigenvalue weighted by Gasteiger charge is 2.29. The largest absolute Gasteiger partial charge is 0.319 e. The molecule has 108 valence electrons. The summed E-state index contributed by atoms with van der Waals surface area (Å²) in [5, 5.41) is 8.06. The van der Waals surface area contributed by atoms with Gasteiger partial charge in [-0.05, 0) is 74.0 Å². The van der Waals surface area contributed by atoms with Gasteiger partial charge in [-0.25, -0.2) is 0 Å². The van der Waals surface area contributed by atoms with Gasteiger partial charge in [-0.15, -0.1) is 0 Å². The molecule has 19 heavy (non-hydrogen) atoms. The van der Waals surface area contributed by atoms with Crippen LogP contribution in [0.15, 0.2) is 4.47 Å². The highest BCUT2D eigenvalue weighted by molar-refractivity contribution is 9.10. The lowest BCUT2D eigenvalue weighted by Gasteiger charge is -2.20. The van der Waals surface area contributed by atoms with Crippen LogP contribution in [0, 0.1) is 11.8 Å². The molecule has 1 saturated carbocycles. The topological polar surface area (TPSA) is 29.9 Å². The summed E-state index contributed by atoms with van der Waals surface area (Å²) in [4.78, 5) is 0. The normalized spacial score (nSPS) is 23.2. The molecule has 0 aromatic carbocycles. The first-order valence-corrected chi connectivity index (χ1v) is 8.39. The summed E-state index contributed by atoms with van der Waals surface area (Å²) >= 11 is 3.77. The molecule has 0 saturated heterocycles. The highest BCUT2D eigenvalue weighted by atomic mass is 79.9. The number of hydrogen-bond donors (Lipinski definition) is 1. The van der Waals surface area contributed by atoms with Gasteiger partial charge in [0.25, 0.3) is 0 Å². The summed E-state index contributed by atoms with van der Waals surface area (Å²) in [6.45, 7) is 6.49. The van der Waals surface area contributed by atoms with E-state index < -0.39 is 0 Å². The molecule has 0 radical (unpaired) electrons. The monoisotopic (exact) mass is 327 g/mol. The summed E-state index contributed by atoms with van der Waals surface area (Å²) in [7, 11) is 2.07. The summed E-state index contributed by atoms with van der Waals surface area (Å²) < 4.78 is 3.45. The smallest absolute Gasteiger partial charge is 0.0766 e. The summed E-state index contributed by atoms with van der Waals surface area (Å²) in [6.07, 6.45) is 6.31. The second-order valence-corrected chi connectivity index (χ2v) is 6.38. The third kappa shape index (κ3) is 3.22. The van der Waals surface area contributed by atoms with Crippen LogP contribution in [0.2, 0.25) is 0 Å². The van der Waals surface area contributed by atoms with Gasteiger partial charge in [0, 0.05) is 6.54 Å². The standard InChI is InChI=1S/C15H26BrN3/c1-4-13-15(16)14(19(5-2)18-13)9-11-7-6-8-12(11)10-17-3/h11-12,17H,4-10H2,1-3H3. The van der Waals surface area contributed by atoms with Crippen molar-refractivity contribution in [1.82, 2.24) is 15.1 Å². The van der Waals surface area contributed by atoms with Crippen LogP contribution in [0.1, 0.15) is 44.5 Å². The summed E-state index contributed by atoms with van der Waals surface area (Å²) in [5.41, 5.74) is 2.62. The molecule has 4 heteroatoms. The second-order valence-electron chi connectivity index (χ2n) is 5.59. The molecule has 1 heterocycles. The van der Waals surface area contributed by atoms with E-state index in [9.17, 15) is 0 Å². The summed E-state index contributed by atoms with van der Waals surface area (Å²) in [6, 6.07) is 0. The van der Waals surface area contributed by atoms with Crippen LogP contribution in [-0.4, -0.2) is 23.4 Å². The SMILES string of the molecule is CCc1nn(CC)c(CC2CCCC2CNC)c1Br. The average molecular weight is 328 g/mol. The number of nitrogens with zero attached hydrogens (tertiary/aromatic N) is 2. The van der Waals surface area contributed by atoms with Crippen molar-refractivity contribution in [2.75, 3.05) is 13.6 Å². The van der Waals surface area contributed by atoms with E-state index in [0.29, 0.717) is 0 Å². The molecule has 1 aromatic heterocycles. The average Bonchev–Trinajstić information content (AvgIpc) is 2.97. The van der Waals surface area contributed by atoms with Gasteiger partial charge in [0.1, 0.15) is 0 Å². The van der Waals surface area contributed by atoms with Crippen LogP contribution in [0.4, 0.5) is 0 Å². The van der Waals surface area contributed by atoms with E-state index in [4.69, 9.17) is 5.10 Å².